The third-order valence-corrected chi connectivity index (χ3v) is 2.98. The molecule has 0 aliphatic rings. The fourth-order valence-electron chi connectivity index (χ4n) is 1.89. The lowest BCUT2D eigenvalue weighted by atomic mass is 10.1. The van der Waals surface area contributed by atoms with Crippen LogP contribution in [0.5, 0.6) is 5.75 Å². The molecule has 0 saturated carbocycles. The number of carboxylic acid groups (broad SMARTS) is 1. The van der Waals surface area contributed by atoms with E-state index in [0.717, 1.165) is 5.56 Å². The van der Waals surface area contributed by atoms with E-state index in [0.29, 0.717) is 12.3 Å². The van der Waals surface area contributed by atoms with Crippen molar-refractivity contribution in [2.45, 2.75) is 19.9 Å². The molecule has 0 bridgehead atoms. The maximum Gasteiger partial charge on any atom is 0.316 e. The van der Waals surface area contributed by atoms with Crippen molar-refractivity contribution in [3.8, 4) is 5.75 Å². The second kappa shape index (κ2) is 6.78. The zero-order chi connectivity index (χ0) is 14.4. The van der Waals surface area contributed by atoms with E-state index in [9.17, 15) is 9.59 Å². The molecule has 0 fully saturated rings. The quantitative estimate of drug-likeness (QED) is 0.796. The zero-order valence-corrected chi connectivity index (χ0v) is 11.4. The number of carbonyl (C=O) groups is 2. The van der Waals surface area contributed by atoms with Gasteiger partial charge in [0.05, 0.1) is 7.11 Å². The Hall–Kier alpha value is -2.04. The molecule has 1 N–H and O–H groups in total. The van der Waals surface area contributed by atoms with Crippen molar-refractivity contribution in [2.24, 2.45) is 5.92 Å². The van der Waals surface area contributed by atoms with Crippen LogP contribution < -0.4 is 4.74 Å². The molecule has 1 aromatic rings. The number of carboxylic acids is 1. The minimum Gasteiger partial charge on any atom is -0.496 e. The van der Waals surface area contributed by atoms with Gasteiger partial charge in [-0.15, -0.1) is 0 Å². The number of methoxy groups -OCH3 is 1. The number of hydrogen-bond acceptors (Lipinski definition) is 3. The highest BCUT2D eigenvalue weighted by Crippen LogP contribution is 2.19. The maximum atomic E-state index is 12.0. The van der Waals surface area contributed by atoms with E-state index in [1.165, 1.54) is 4.90 Å². The predicted octanol–water partition coefficient (Wildman–Crippen LogP) is 1.76. The number of hydrogen-bond donors (Lipinski definition) is 1. The molecule has 5 nitrogen and oxygen atoms in total. The van der Waals surface area contributed by atoms with Crippen LogP contribution in [0.15, 0.2) is 24.3 Å². The lowest BCUT2D eigenvalue weighted by molar-refractivity contribution is -0.150. The average molecular weight is 265 g/mol. The predicted molar refractivity (Wildman–Crippen MR) is 70.9 cm³/mol. The van der Waals surface area contributed by atoms with Gasteiger partial charge in [-0.05, 0) is 12.5 Å². The van der Waals surface area contributed by atoms with Crippen molar-refractivity contribution in [2.75, 3.05) is 14.2 Å². The standard InChI is InChI=1S/C14H19NO4/c1-4-11(14(17)18)13(16)15(2)9-10-7-5-6-8-12(10)19-3/h5-8,11H,4,9H2,1-3H3,(H,17,18). The van der Waals surface area contributed by atoms with Crippen LogP contribution in [0.1, 0.15) is 18.9 Å². The molecule has 5 heteroatoms. The van der Waals surface area contributed by atoms with Gasteiger partial charge in [-0.1, -0.05) is 25.1 Å². The molecule has 1 unspecified atom stereocenters. The van der Waals surface area contributed by atoms with Crippen LogP contribution in [0.25, 0.3) is 0 Å². The first-order valence-corrected chi connectivity index (χ1v) is 6.10. The van der Waals surface area contributed by atoms with Crippen molar-refractivity contribution in [3.05, 3.63) is 29.8 Å². The van der Waals surface area contributed by atoms with Gasteiger partial charge in [0.25, 0.3) is 0 Å². The summed E-state index contributed by atoms with van der Waals surface area (Å²) < 4.78 is 5.21. The molecule has 1 rings (SSSR count). The molecular weight excluding hydrogens is 246 g/mol. The number of benzene rings is 1. The Morgan fingerprint density at radius 1 is 1.37 bits per heavy atom. The van der Waals surface area contributed by atoms with Crippen molar-refractivity contribution in [3.63, 3.8) is 0 Å². The highest BCUT2D eigenvalue weighted by Gasteiger charge is 2.27. The first kappa shape index (κ1) is 15.0. The zero-order valence-electron chi connectivity index (χ0n) is 11.4. The number of aliphatic carboxylic acids is 1. The van der Waals surface area contributed by atoms with Crippen molar-refractivity contribution in [1.29, 1.82) is 0 Å². The van der Waals surface area contributed by atoms with E-state index in [1.54, 1.807) is 21.1 Å². The lowest BCUT2D eigenvalue weighted by Gasteiger charge is -2.21. The van der Waals surface area contributed by atoms with E-state index in [4.69, 9.17) is 9.84 Å². The Morgan fingerprint density at radius 3 is 2.53 bits per heavy atom. The van der Waals surface area contributed by atoms with Gasteiger partial charge in [0.1, 0.15) is 11.7 Å². The Morgan fingerprint density at radius 2 is 2.00 bits per heavy atom. The summed E-state index contributed by atoms with van der Waals surface area (Å²) in [5.41, 5.74) is 0.848. The van der Waals surface area contributed by atoms with Gasteiger partial charge in [0.2, 0.25) is 5.91 Å². The normalized spacial score (nSPS) is 11.7. The molecule has 0 spiro atoms. The van der Waals surface area contributed by atoms with Crippen molar-refractivity contribution < 1.29 is 19.4 Å². The molecule has 104 valence electrons. The smallest absolute Gasteiger partial charge is 0.316 e. The number of nitrogens with zero attached hydrogens (tertiary/aromatic N) is 1. The summed E-state index contributed by atoms with van der Waals surface area (Å²) in [5.74, 6) is -1.77. The molecule has 0 saturated heterocycles. The highest BCUT2D eigenvalue weighted by atomic mass is 16.5. The summed E-state index contributed by atoms with van der Waals surface area (Å²) in [5, 5.41) is 8.99. The van der Waals surface area contributed by atoms with Crippen molar-refractivity contribution in [1.82, 2.24) is 4.90 Å². The average Bonchev–Trinajstić information content (AvgIpc) is 2.39. The number of para-hydroxylation sites is 1. The van der Waals surface area contributed by atoms with E-state index in [1.807, 2.05) is 24.3 Å². The molecule has 19 heavy (non-hydrogen) atoms. The highest BCUT2D eigenvalue weighted by molar-refractivity contribution is 5.96. The molecule has 0 radical (unpaired) electrons. The summed E-state index contributed by atoms with van der Waals surface area (Å²) in [6, 6.07) is 7.35. The van der Waals surface area contributed by atoms with Crippen LogP contribution in [0.4, 0.5) is 0 Å². The van der Waals surface area contributed by atoms with Crippen molar-refractivity contribution >= 4 is 11.9 Å². The monoisotopic (exact) mass is 265 g/mol. The van der Waals surface area contributed by atoms with Crippen LogP contribution in [-0.2, 0) is 16.1 Å². The van der Waals surface area contributed by atoms with Gasteiger partial charge >= 0.3 is 5.97 Å². The Balaban J connectivity index is 2.81. The second-order valence-corrected chi connectivity index (χ2v) is 4.31. The molecule has 0 aliphatic carbocycles. The number of ether oxygens (including phenoxy) is 1. The first-order chi connectivity index (χ1) is 9.01. The molecule has 1 atom stereocenters. The molecular formula is C14H19NO4. The summed E-state index contributed by atoms with van der Waals surface area (Å²) in [6.07, 6.45) is 0.282. The second-order valence-electron chi connectivity index (χ2n) is 4.31. The van der Waals surface area contributed by atoms with Gasteiger partial charge in [-0.2, -0.15) is 0 Å². The van der Waals surface area contributed by atoms with Crippen LogP contribution >= 0.6 is 0 Å². The van der Waals surface area contributed by atoms with E-state index in [2.05, 4.69) is 0 Å². The van der Waals surface area contributed by atoms with Crippen LogP contribution in [0.2, 0.25) is 0 Å². The largest absolute Gasteiger partial charge is 0.496 e. The van der Waals surface area contributed by atoms with E-state index >= 15 is 0 Å². The Kier molecular flexibility index (Phi) is 5.36. The maximum absolute atomic E-state index is 12.0. The molecule has 0 aliphatic heterocycles. The third kappa shape index (κ3) is 3.71. The molecule has 0 heterocycles. The molecule has 0 aromatic heterocycles. The summed E-state index contributed by atoms with van der Waals surface area (Å²) in [6.45, 7) is 2.01. The summed E-state index contributed by atoms with van der Waals surface area (Å²) in [4.78, 5) is 24.4. The summed E-state index contributed by atoms with van der Waals surface area (Å²) in [7, 11) is 3.16. The van der Waals surface area contributed by atoms with Crippen LogP contribution in [0.3, 0.4) is 0 Å². The topological polar surface area (TPSA) is 66.8 Å². The lowest BCUT2D eigenvalue weighted by Crippen LogP contribution is -2.36. The first-order valence-electron chi connectivity index (χ1n) is 6.10. The summed E-state index contributed by atoms with van der Waals surface area (Å²) >= 11 is 0. The minimum atomic E-state index is -1.08. The number of rotatable bonds is 6. The third-order valence-electron chi connectivity index (χ3n) is 2.98. The fourth-order valence-corrected chi connectivity index (χ4v) is 1.89. The number of amides is 1. The molecule has 1 amide bonds. The van der Waals surface area contributed by atoms with Crippen LogP contribution in [-0.4, -0.2) is 36.0 Å². The van der Waals surface area contributed by atoms with Gasteiger partial charge in [-0.25, -0.2) is 0 Å². The SMILES string of the molecule is CCC(C(=O)O)C(=O)N(C)Cc1ccccc1OC. The van der Waals surface area contributed by atoms with E-state index in [-0.39, 0.29) is 12.3 Å². The number of carbonyl (C=O) groups excluding carboxylic acids is 1. The van der Waals surface area contributed by atoms with Gasteiger partial charge in [0, 0.05) is 19.2 Å². The van der Waals surface area contributed by atoms with Gasteiger partial charge in [0.15, 0.2) is 0 Å². The fraction of sp³-hybridized carbons (Fsp3) is 0.429. The van der Waals surface area contributed by atoms with E-state index < -0.39 is 11.9 Å². The Bertz CT molecular complexity index is 459. The minimum absolute atomic E-state index is 0.282. The Labute approximate surface area is 112 Å². The van der Waals surface area contributed by atoms with Gasteiger partial charge < -0.3 is 14.7 Å². The molecule has 1 aromatic carbocycles. The van der Waals surface area contributed by atoms with Gasteiger partial charge in [-0.3, -0.25) is 9.59 Å². The van der Waals surface area contributed by atoms with Crippen LogP contribution in [0, 0.1) is 5.92 Å².